The van der Waals surface area contributed by atoms with E-state index in [2.05, 4.69) is 5.32 Å². The Labute approximate surface area is 110 Å². The molecule has 2 rings (SSSR count). The first-order valence-corrected chi connectivity index (χ1v) is 5.96. The Morgan fingerprint density at radius 1 is 1.11 bits per heavy atom. The largest absolute Gasteiger partial charge is 0.322 e. The molecule has 98 valence electrons. The number of nitrogens with one attached hydrogen (secondary N) is 1. The maximum absolute atomic E-state index is 13.5. The second kappa shape index (κ2) is 5.61. The van der Waals surface area contributed by atoms with Gasteiger partial charge in [0.1, 0.15) is 0 Å². The lowest BCUT2D eigenvalue weighted by Gasteiger charge is -2.10. The number of hydrogen-bond donors (Lipinski definition) is 1. The summed E-state index contributed by atoms with van der Waals surface area (Å²) in [5.74, 6) is -2.82. The van der Waals surface area contributed by atoms with Crippen molar-refractivity contribution >= 4 is 11.6 Å². The molecule has 0 radical (unpaired) electrons. The van der Waals surface area contributed by atoms with Crippen molar-refractivity contribution < 1.29 is 13.6 Å². The van der Waals surface area contributed by atoms with Crippen LogP contribution in [0.1, 0.15) is 22.8 Å². The summed E-state index contributed by atoms with van der Waals surface area (Å²) in [5, 5.41) is 2.60. The third-order valence-corrected chi connectivity index (χ3v) is 2.84. The van der Waals surface area contributed by atoms with E-state index < -0.39 is 17.5 Å². The van der Waals surface area contributed by atoms with E-state index in [9.17, 15) is 13.6 Å². The van der Waals surface area contributed by atoms with Gasteiger partial charge in [-0.25, -0.2) is 8.78 Å². The number of carbonyl (C=O) groups is 1. The van der Waals surface area contributed by atoms with Crippen molar-refractivity contribution in [2.24, 2.45) is 0 Å². The molecule has 0 unspecified atom stereocenters. The zero-order chi connectivity index (χ0) is 13.8. The Morgan fingerprint density at radius 2 is 1.84 bits per heavy atom. The summed E-state index contributed by atoms with van der Waals surface area (Å²) in [5.41, 5.74) is 1.25. The van der Waals surface area contributed by atoms with Crippen LogP contribution in [-0.4, -0.2) is 5.91 Å². The van der Waals surface area contributed by atoms with Gasteiger partial charge in [-0.15, -0.1) is 0 Å². The Kier molecular flexibility index (Phi) is 3.90. The van der Waals surface area contributed by atoms with Gasteiger partial charge < -0.3 is 5.32 Å². The van der Waals surface area contributed by atoms with E-state index in [0.29, 0.717) is 5.69 Å². The number of benzene rings is 2. The van der Waals surface area contributed by atoms with Crippen LogP contribution >= 0.6 is 0 Å². The van der Waals surface area contributed by atoms with E-state index in [1.165, 1.54) is 12.1 Å². The summed E-state index contributed by atoms with van der Waals surface area (Å²) < 4.78 is 26.6. The standard InChI is InChI=1S/C15H13F2NO/c1-2-10-6-3-4-9-13(10)18-15(19)11-7-5-8-12(16)14(11)17/h3-9H,2H2,1H3,(H,18,19). The van der Waals surface area contributed by atoms with E-state index in [1.54, 1.807) is 12.1 Å². The average molecular weight is 261 g/mol. The first-order chi connectivity index (χ1) is 9.13. The van der Waals surface area contributed by atoms with Gasteiger partial charge >= 0.3 is 0 Å². The van der Waals surface area contributed by atoms with E-state index >= 15 is 0 Å². The molecule has 0 spiro atoms. The lowest BCUT2D eigenvalue weighted by atomic mass is 10.1. The van der Waals surface area contributed by atoms with Crippen LogP contribution in [0, 0.1) is 11.6 Å². The van der Waals surface area contributed by atoms with Gasteiger partial charge in [-0.3, -0.25) is 4.79 Å². The fraction of sp³-hybridized carbons (Fsp3) is 0.133. The molecular formula is C15H13F2NO. The molecule has 0 bridgehead atoms. The van der Waals surface area contributed by atoms with Crippen LogP contribution in [0.5, 0.6) is 0 Å². The van der Waals surface area contributed by atoms with Crippen LogP contribution in [0.15, 0.2) is 42.5 Å². The number of aryl methyl sites for hydroxylation is 1. The monoisotopic (exact) mass is 261 g/mol. The Balaban J connectivity index is 2.28. The van der Waals surface area contributed by atoms with Crippen molar-refractivity contribution in [3.05, 3.63) is 65.2 Å². The minimum Gasteiger partial charge on any atom is -0.322 e. The first kappa shape index (κ1) is 13.2. The molecule has 2 aromatic carbocycles. The molecule has 4 heteroatoms. The highest BCUT2D eigenvalue weighted by Crippen LogP contribution is 2.18. The zero-order valence-electron chi connectivity index (χ0n) is 10.4. The third kappa shape index (κ3) is 2.78. The van der Waals surface area contributed by atoms with Crippen molar-refractivity contribution in [3.8, 4) is 0 Å². The minimum atomic E-state index is -1.13. The number of para-hydroxylation sites is 1. The van der Waals surface area contributed by atoms with E-state index in [1.807, 2.05) is 19.1 Å². The molecule has 0 aliphatic rings. The van der Waals surface area contributed by atoms with E-state index in [0.717, 1.165) is 18.1 Å². The molecule has 0 aromatic heterocycles. The van der Waals surface area contributed by atoms with E-state index in [-0.39, 0.29) is 5.56 Å². The number of anilines is 1. The van der Waals surface area contributed by atoms with Gasteiger partial charge in [0.2, 0.25) is 0 Å². The zero-order valence-corrected chi connectivity index (χ0v) is 10.4. The predicted molar refractivity (Wildman–Crippen MR) is 70.1 cm³/mol. The Hall–Kier alpha value is -2.23. The van der Waals surface area contributed by atoms with E-state index in [4.69, 9.17) is 0 Å². The highest BCUT2D eigenvalue weighted by atomic mass is 19.2. The Morgan fingerprint density at radius 3 is 2.58 bits per heavy atom. The van der Waals surface area contributed by atoms with Gasteiger partial charge in [-0.1, -0.05) is 31.2 Å². The van der Waals surface area contributed by atoms with Crippen molar-refractivity contribution in [1.82, 2.24) is 0 Å². The van der Waals surface area contributed by atoms with Crippen LogP contribution < -0.4 is 5.32 Å². The second-order valence-corrected chi connectivity index (χ2v) is 4.07. The summed E-state index contributed by atoms with van der Waals surface area (Å²) in [6.45, 7) is 1.95. The molecule has 0 saturated heterocycles. The lowest BCUT2D eigenvalue weighted by molar-refractivity contribution is 0.102. The fourth-order valence-electron chi connectivity index (χ4n) is 1.82. The molecule has 1 amide bonds. The van der Waals surface area contributed by atoms with Crippen LogP contribution in [-0.2, 0) is 6.42 Å². The number of amides is 1. The minimum absolute atomic E-state index is 0.300. The number of hydrogen-bond acceptors (Lipinski definition) is 1. The summed E-state index contributed by atoms with van der Waals surface area (Å²) in [7, 11) is 0. The smallest absolute Gasteiger partial charge is 0.258 e. The highest BCUT2D eigenvalue weighted by Gasteiger charge is 2.15. The summed E-state index contributed by atoms with van der Waals surface area (Å²) in [6, 6.07) is 10.8. The third-order valence-electron chi connectivity index (χ3n) is 2.84. The van der Waals surface area contributed by atoms with Gasteiger partial charge in [0.05, 0.1) is 5.56 Å². The van der Waals surface area contributed by atoms with Crippen molar-refractivity contribution in [3.63, 3.8) is 0 Å². The number of halogens is 2. The van der Waals surface area contributed by atoms with Crippen molar-refractivity contribution in [1.29, 1.82) is 0 Å². The maximum atomic E-state index is 13.5. The normalized spacial score (nSPS) is 10.3. The lowest BCUT2D eigenvalue weighted by Crippen LogP contribution is -2.15. The molecule has 0 fully saturated rings. The first-order valence-electron chi connectivity index (χ1n) is 5.96. The molecule has 0 atom stereocenters. The topological polar surface area (TPSA) is 29.1 Å². The number of carbonyl (C=O) groups excluding carboxylic acids is 1. The summed E-state index contributed by atoms with van der Waals surface area (Å²) in [6.07, 6.45) is 0.738. The Bertz CT molecular complexity index is 611. The van der Waals surface area contributed by atoms with Crippen molar-refractivity contribution in [2.45, 2.75) is 13.3 Å². The highest BCUT2D eigenvalue weighted by molar-refractivity contribution is 6.04. The molecule has 0 aliphatic carbocycles. The molecule has 0 saturated carbocycles. The second-order valence-electron chi connectivity index (χ2n) is 4.07. The molecule has 2 nitrogen and oxygen atoms in total. The molecule has 0 aliphatic heterocycles. The van der Waals surface area contributed by atoms with Crippen LogP contribution in [0.4, 0.5) is 14.5 Å². The summed E-state index contributed by atoms with van der Waals surface area (Å²) >= 11 is 0. The van der Waals surface area contributed by atoms with Gasteiger partial charge in [-0.2, -0.15) is 0 Å². The van der Waals surface area contributed by atoms with Gasteiger partial charge in [0.15, 0.2) is 11.6 Å². The average Bonchev–Trinajstić information content (AvgIpc) is 2.42. The van der Waals surface area contributed by atoms with Crippen LogP contribution in [0.25, 0.3) is 0 Å². The van der Waals surface area contributed by atoms with Gasteiger partial charge in [0, 0.05) is 5.69 Å². The SMILES string of the molecule is CCc1ccccc1NC(=O)c1cccc(F)c1F. The number of rotatable bonds is 3. The fourth-order valence-corrected chi connectivity index (χ4v) is 1.82. The molecule has 1 N–H and O–H groups in total. The van der Waals surface area contributed by atoms with Crippen LogP contribution in [0.2, 0.25) is 0 Å². The van der Waals surface area contributed by atoms with Gasteiger partial charge in [0.25, 0.3) is 5.91 Å². The van der Waals surface area contributed by atoms with Crippen LogP contribution in [0.3, 0.4) is 0 Å². The molecule has 0 heterocycles. The van der Waals surface area contributed by atoms with Crippen molar-refractivity contribution in [2.75, 3.05) is 5.32 Å². The van der Waals surface area contributed by atoms with Gasteiger partial charge in [-0.05, 0) is 30.2 Å². The molecule has 2 aromatic rings. The maximum Gasteiger partial charge on any atom is 0.258 e. The quantitative estimate of drug-likeness (QED) is 0.895. The summed E-state index contributed by atoms with van der Waals surface area (Å²) in [4.78, 5) is 11.9. The molecular weight excluding hydrogens is 248 g/mol. The molecule has 19 heavy (non-hydrogen) atoms. The predicted octanol–water partition coefficient (Wildman–Crippen LogP) is 3.78.